The molecule has 2 unspecified atom stereocenters. The van der Waals surface area contributed by atoms with Gasteiger partial charge in [-0.05, 0) is 12.0 Å². The van der Waals surface area contributed by atoms with Gasteiger partial charge in [-0.3, -0.25) is 4.21 Å². The number of benzene rings is 1. The predicted molar refractivity (Wildman–Crippen MR) is 66.0 cm³/mol. The quantitative estimate of drug-likeness (QED) is 0.805. The van der Waals surface area contributed by atoms with Gasteiger partial charge in [0.05, 0.1) is 0 Å². The fraction of sp³-hybridized carbons (Fsp3) is 0.500. The van der Waals surface area contributed by atoms with E-state index in [4.69, 9.17) is 5.73 Å². The molecule has 2 atom stereocenters. The number of hydrogen-bond acceptors (Lipinski definition) is 2. The van der Waals surface area contributed by atoms with Gasteiger partial charge in [-0.25, -0.2) is 0 Å². The van der Waals surface area contributed by atoms with Crippen LogP contribution in [0.4, 0.5) is 0 Å². The fourth-order valence-electron chi connectivity index (χ4n) is 1.51. The second kappa shape index (κ2) is 6.75. The van der Waals surface area contributed by atoms with Crippen molar-refractivity contribution >= 4 is 10.8 Å². The highest BCUT2D eigenvalue weighted by atomic mass is 32.2. The third-order valence-electron chi connectivity index (χ3n) is 2.23. The van der Waals surface area contributed by atoms with E-state index in [9.17, 15) is 4.21 Å². The molecule has 2 N–H and O–H groups in total. The van der Waals surface area contributed by atoms with Crippen LogP contribution in [0.5, 0.6) is 0 Å². The molecule has 0 heterocycles. The monoisotopic (exact) mass is 225 g/mol. The molecule has 0 aliphatic rings. The van der Waals surface area contributed by atoms with E-state index in [0.29, 0.717) is 11.5 Å². The van der Waals surface area contributed by atoms with Crippen molar-refractivity contribution in [1.82, 2.24) is 0 Å². The van der Waals surface area contributed by atoms with Crippen molar-refractivity contribution < 1.29 is 4.21 Å². The lowest BCUT2D eigenvalue weighted by molar-refractivity contribution is 0.637. The van der Waals surface area contributed by atoms with Crippen molar-refractivity contribution in [2.24, 2.45) is 5.73 Å². The van der Waals surface area contributed by atoms with Gasteiger partial charge >= 0.3 is 0 Å². The molecular weight excluding hydrogens is 206 g/mol. The van der Waals surface area contributed by atoms with Crippen LogP contribution < -0.4 is 5.73 Å². The summed E-state index contributed by atoms with van der Waals surface area (Å²) in [5, 5.41) is 0. The Morgan fingerprint density at radius 3 is 2.60 bits per heavy atom. The number of nitrogens with two attached hydrogens (primary N) is 1. The molecular formula is C12H19NOS. The minimum Gasteiger partial charge on any atom is -0.327 e. The minimum atomic E-state index is -0.828. The second-order valence-electron chi connectivity index (χ2n) is 3.79. The van der Waals surface area contributed by atoms with Gasteiger partial charge in [0.15, 0.2) is 0 Å². The van der Waals surface area contributed by atoms with E-state index < -0.39 is 10.8 Å². The molecule has 1 aromatic rings. The molecule has 1 aromatic carbocycles. The number of rotatable bonds is 6. The van der Waals surface area contributed by atoms with Crippen molar-refractivity contribution in [2.45, 2.75) is 31.6 Å². The Morgan fingerprint density at radius 1 is 1.33 bits per heavy atom. The lowest BCUT2D eigenvalue weighted by Gasteiger charge is -2.09. The maximum absolute atomic E-state index is 11.7. The van der Waals surface area contributed by atoms with Crippen molar-refractivity contribution in [1.29, 1.82) is 0 Å². The Bertz CT molecular complexity index is 300. The van der Waals surface area contributed by atoms with Gasteiger partial charge in [0.2, 0.25) is 0 Å². The topological polar surface area (TPSA) is 43.1 Å². The summed E-state index contributed by atoms with van der Waals surface area (Å²) in [7, 11) is -0.828. The Balaban J connectivity index is 2.36. The van der Waals surface area contributed by atoms with Crippen LogP contribution in [0.3, 0.4) is 0 Å². The minimum absolute atomic E-state index is 0.0829. The Morgan fingerprint density at radius 2 is 2.00 bits per heavy atom. The molecule has 0 spiro atoms. The summed E-state index contributed by atoms with van der Waals surface area (Å²) in [5.41, 5.74) is 6.97. The van der Waals surface area contributed by atoms with Crippen molar-refractivity contribution in [3.8, 4) is 0 Å². The molecule has 0 radical (unpaired) electrons. The molecule has 0 amide bonds. The summed E-state index contributed by atoms with van der Waals surface area (Å²) in [6.07, 6.45) is 2.02. The van der Waals surface area contributed by atoms with E-state index in [1.165, 1.54) is 0 Å². The molecule has 0 bridgehead atoms. The van der Waals surface area contributed by atoms with E-state index >= 15 is 0 Å². The highest BCUT2D eigenvalue weighted by Gasteiger charge is 2.07. The first kappa shape index (κ1) is 12.4. The lowest BCUT2D eigenvalue weighted by atomic mass is 10.2. The van der Waals surface area contributed by atoms with Crippen LogP contribution >= 0.6 is 0 Å². The zero-order valence-corrected chi connectivity index (χ0v) is 10.0. The van der Waals surface area contributed by atoms with Gasteiger partial charge in [0, 0.05) is 28.3 Å². The van der Waals surface area contributed by atoms with Crippen LogP contribution in [0.25, 0.3) is 0 Å². The summed E-state index contributed by atoms with van der Waals surface area (Å²) in [4.78, 5) is 0. The third-order valence-corrected chi connectivity index (χ3v) is 3.69. The van der Waals surface area contributed by atoms with Gasteiger partial charge < -0.3 is 5.73 Å². The van der Waals surface area contributed by atoms with Crippen LogP contribution in [-0.4, -0.2) is 16.0 Å². The van der Waals surface area contributed by atoms with Gasteiger partial charge in [-0.2, -0.15) is 0 Å². The zero-order valence-electron chi connectivity index (χ0n) is 9.19. The second-order valence-corrected chi connectivity index (χ2v) is 5.29. The van der Waals surface area contributed by atoms with Crippen LogP contribution in [0.15, 0.2) is 30.3 Å². The summed E-state index contributed by atoms with van der Waals surface area (Å²) in [5.74, 6) is 1.24. The highest BCUT2D eigenvalue weighted by Crippen LogP contribution is 2.05. The molecule has 0 fully saturated rings. The third kappa shape index (κ3) is 5.09. The largest absolute Gasteiger partial charge is 0.327 e. The van der Waals surface area contributed by atoms with E-state index in [0.717, 1.165) is 18.4 Å². The molecule has 15 heavy (non-hydrogen) atoms. The van der Waals surface area contributed by atoms with Gasteiger partial charge in [-0.1, -0.05) is 43.7 Å². The van der Waals surface area contributed by atoms with Gasteiger partial charge in [0.1, 0.15) is 0 Å². The summed E-state index contributed by atoms with van der Waals surface area (Å²) in [6.45, 7) is 2.10. The first-order valence-electron chi connectivity index (χ1n) is 5.37. The average Bonchev–Trinajstić information content (AvgIpc) is 2.19. The van der Waals surface area contributed by atoms with Gasteiger partial charge in [0.25, 0.3) is 0 Å². The van der Waals surface area contributed by atoms with E-state index in [1.54, 1.807) is 0 Å². The molecule has 0 aromatic heterocycles. The van der Waals surface area contributed by atoms with Crippen molar-refractivity contribution in [2.75, 3.05) is 5.75 Å². The highest BCUT2D eigenvalue weighted by molar-refractivity contribution is 7.84. The predicted octanol–water partition coefficient (Wildman–Crippen LogP) is 2.06. The van der Waals surface area contributed by atoms with Crippen LogP contribution in [0.1, 0.15) is 25.3 Å². The Hall–Kier alpha value is -0.670. The first-order valence-corrected chi connectivity index (χ1v) is 6.85. The molecule has 0 aliphatic carbocycles. The summed E-state index contributed by atoms with van der Waals surface area (Å²) in [6, 6.07) is 10.00. The first-order chi connectivity index (χ1) is 7.22. The smallest absolute Gasteiger partial charge is 0.0486 e. The van der Waals surface area contributed by atoms with E-state index in [1.807, 2.05) is 30.3 Å². The Kier molecular flexibility index (Phi) is 5.58. The molecule has 2 nitrogen and oxygen atoms in total. The average molecular weight is 225 g/mol. The van der Waals surface area contributed by atoms with Crippen LogP contribution in [-0.2, 0) is 16.6 Å². The zero-order chi connectivity index (χ0) is 11.1. The summed E-state index contributed by atoms with van der Waals surface area (Å²) >= 11 is 0. The lowest BCUT2D eigenvalue weighted by Crippen LogP contribution is -2.27. The van der Waals surface area contributed by atoms with Crippen molar-refractivity contribution in [3.63, 3.8) is 0 Å². The molecule has 0 saturated heterocycles. The molecule has 3 heteroatoms. The standard InChI is InChI=1S/C12H19NOS/c1-2-6-12(13)10-15(14)9-11-7-4-3-5-8-11/h3-5,7-8,12H,2,6,9-10,13H2,1H3. The summed E-state index contributed by atoms with van der Waals surface area (Å²) < 4.78 is 11.7. The van der Waals surface area contributed by atoms with Crippen LogP contribution in [0, 0.1) is 0 Å². The Labute approximate surface area is 94.3 Å². The van der Waals surface area contributed by atoms with Gasteiger partial charge in [-0.15, -0.1) is 0 Å². The number of hydrogen-bond donors (Lipinski definition) is 1. The normalized spacial score (nSPS) is 14.8. The maximum Gasteiger partial charge on any atom is 0.0486 e. The maximum atomic E-state index is 11.7. The fourth-order valence-corrected chi connectivity index (χ4v) is 2.84. The van der Waals surface area contributed by atoms with Crippen molar-refractivity contribution in [3.05, 3.63) is 35.9 Å². The van der Waals surface area contributed by atoms with E-state index in [2.05, 4.69) is 6.92 Å². The molecule has 0 aliphatic heterocycles. The molecule has 1 rings (SSSR count). The SMILES string of the molecule is CCCC(N)CS(=O)Cc1ccccc1. The molecule has 84 valence electrons. The van der Waals surface area contributed by atoms with Crippen LogP contribution in [0.2, 0.25) is 0 Å². The van der Waals surface area contributed by atoms with E-state index in [-0.39, 0.29) is 6.04 Å². The molecule has 0 saturated carbocycles.